The summed E-state index contributed by atoms with van der Waals surface area (Å²) < 4.78 is 5.31. The summed E-state index contributed by atoms with van der Waals surface area (Å²) in [6.45, 7) is 3.29. The second-order valence-corrected chi connectivity index (χ2v) is 6.88. The Morgan fingerprint density at radius 2 is 1.96 bits per heavy atom. The second kappa shape index (κ2) is 6.98. The van der Waals surface area contributed by atoms with Gasteiger partial charge in [-0.3, -0.25) is 0 Å². The van der Waals surface area contributed by atoms with Gasteiger partial charge in [0.2, 0.25) is 0 Å². The molecule has 4 rings (SSSR count). The maximum atomic E-state index is 11.8. The number of nitrogens with one attached hydrogen (secondary N) is 2. The molecule has 26 heavy (non-hydrogen) atoms. The number of rotatable bonds is 5. The summed E-state index contributed by atoms with van der Waals surface area (Å²) in [4.78, 5) is 15.1. The molecule has 0 spiro atoms. The van der Waals surface area contributed by atoms with E-state index in [9.17, 15) is 4.79 Å². The number of aryl methyl sites for hydroxylation is 1. The van der Waals surface area contributed by atoms with Crippen LogP contribution in [-0.4, -0.2) is 11.5 Å². The molecule has 2 aromatic heterocycles. The van der Waals surface area contributed by atoms with Crippen molar-refractivity contribution >= 4 is 33.5 Å². The summed E-state index contributed by atoms with van der Waals surface area (Å²) in [7, 11) is 0. The lowest BCUT2D eigenvalue weighted by atomic mass is 10.1. The summed E-state index contributed by atoms with van der Waals surface area (Å²) in [6.07, 6.45) is 2.96. The van der Waals surface area contributed by atoms with Crippen LogP contribution < -0.4 is 10.9 Å². The molecule has 0 aliphatic rings. The van der Waals surface area contributed by atoms with Gasteiger partial charge in [0.15, 0.2) is 0 Å². The Morgan fingerprint density at radius 3 is 2.85 bits per heavy atom. The van der Waals surface area contributed by atoms with Crippen LogP contribution in [0.3, 0.4) is 0 Å². The second-order valence-electron chi connectivity index (χ2n) is 6.47. The van der Waals surface area contributed by atoms with E-state index in [0.29, 0.717) is 17.2 Å². The van der Waals surface area contributed by atoms with Crippen LogP contribution in [-0.2, 0) is 13.0 Å². The summed E-state index contributed by atoms with van der Waals surface area (Å²) in [5.41, 5.74) is 4.47. The predicted molar refractivity (Wildman–Crippen MR) is 106 cm³/mol. The van der Waals surface area contributed by atoms with Crippen LogP contribution in [0.5, 0.6) is 0 Å². The first-order valence-corrected chi connectivity index (χ1v) is 8.98. The maximum Gasteiger partial charge on any atom is 0.336 e. The quantitative estimate of drug-likeness (QED) is 0.402. The molecular weight excluding hydrogens is 348 g/mol. The average molecular weight is 367 g/mol. The van der Waals surface area contributed by atoms with Crippen molar-refractivity contribution in [1.29, 1.82) is 0 Å². The number of halogens is 1. The molecule has 0 fully saturated rings. The first-order chi connectivity index (χ1) is 12.6. The average Bonchev–Trinajstić information content (AvgIpc) is 3.03. The van der Waals surface area contributed by atoms with E-state index in [2.05, 4.69) is 28.6 Å². The van der Waals surface area contributed by atoms with E-state index in [1.54, 1.807) is 0 Å². The molecule has 0 amide bonds. The van der Waals surface area contributed by atoms with Crippen LogP contribution in [0.4, 0.5) is 0 Å². The van der Waals surface area contributed by atoms with Gasteiger partial charge in [-0.2, -0.15) is 0 Å². The molecule has 0 radical (unpaired) electrons. The number of hydrogen-bond acceptors (Lipinski definition) is 3. The molecular formula is C21H19ClN2O2. The van der Waals surface area contributed by atoms with Gasteiger partial charge in [-0.1, -0.05) is 29.8 Å². The number of benzene rings is 2. The van der Waals surface area contributed by atoms with Crippen molar-refractivity contribution in [1.82, 2.24) is 10.3 Å². The summed E-state index contributed by atoms with van der Waals surface area (Å²) in [5.74, 6) is 0. The van der Waals surface area contributed by atoms with E-state index in [1.165, 1.54) is 17.0 Å². The minimum absolute atomic E-state index is 0.340. The van der Waals surface area contributed by atoms with Crippen LogP contribution in [0.1, 0.15) is 16.7 Å². The van der Waals surface area contributed by atoms with E-state index in [4.69, 9.17) is 16.0 Å². The molecule has 2 heterocycles. The summed E-state index contributed by atoms with van der Waals surface area (Å²) in [6, 6.07) is 13.5. The van der Waals surface area contributed by atoms with Gasteiger partial charge in [0.05, 0.1) is 0 Å². The molecule has 0 unspecified atom stereocenters. The van der Waals surface area contributed by atoms with Crippen LogP contribution >= 0.6 is 11.6 Å². The molecule has 2 N–H and O–H groups in total. The molecule has 5 heteroatoms. The van der Waals surface area contributed by atoms with Gasteiger partial charge in [-0.25, -0.2) is 4.79 Å². The van der Waals surface area contributed by atoms with Crippen molar-refractivity contribution < 1.29 is 4.42 Å². The molecule has 2 aromatic carbocycles. The lowest BCUT2D eigenvalue weighted by molar-refractivity contribution is 0.556. The van der Waals surface area contributed by atoms with Gasteiger partial charge in [-0.15, -0.1) is 0 Å². The first-order valence-electron chi connectivity index (χ1n) is 8.60. The van der Waals surface area contributed by atoms with Gasteiger partial charge in [0.25, 0.3) is 0 Å². The third-order valence-corrected chi connectivity index (χ3v) is 5.08. The molecule has 0 aliphatic carbocycles. The summed E-state index contributed by atoms with van der Waals surface area (Å²) >= 11 is 6.24. The zero-order valence-corrected chi connectivity index (χ0v) is 15.2. The molecule has 0 saturated carbocycles. The highest BCUT2D eigenvalue weighted by molar-refractivity contribution is 6.32. The van der Waals surface area contributed by atoms with Gasteiger partial charge < -0.3 is 14.7 Å². The number of H-pyrrole nitrogens is 1. The van der Waals surface area contributed by atoms with Crippen LogP contribution in [0.25, 0.3) is 21.9 Å². The maximum absolute atomic E-state index is 11.8. The third kappa shape index (κ3) is 3.26. The Bertz CT molecular complexity index is 1140. The Kier molecular flexibility index (Phi) is 4.53. The van der Waals surface area contributed by atoms with Gasteiger partial charge in [-0.05, 0) is 54.8 Å². The topological polar surface area (TPSA) is 58.0 Å². The first kappa shape index (κ1) is 16.9. The van der Waals surface area contributed by atoms with E-state index in [-0.39, 0.29) is 5.63 Å². The van der Waals surface area contributed by atoms with Crippen LogP contribution in [0, 0.1) is 6.92 Å². The molecule has 4 nitrogen and oxygen atoms in total. The highest BCUT2D eigenvalue weighted by Crippen LogP contribution is 2.25. The lowest BCUT2D eigenvalue weighted by Crippen LogP contribution is -2.18. The van der Waals surface area contributed by atoms with Gasteiger partial charge >= 0.3 is 5.63 Å². The predicted octanol–water partition coefficient (Wildman–Crippen LogP) is 4.57. The van der Waals surface area contributed by atoms with Crippen molar-refractivity contribution in [3.05, 3.63) is 80.8 Å². The molecule has 0 atom stereocenters. The fraction of sp³-hybridized carbons (Fsp3) is 0.190. The van der Waals surface area contributed by atoms with Crippen LogP contribution in [0.2, 0.25) is 5.02 Å². The zero-order chi connectivity index (χ0) is 18.1. The Hall–Kier alpha value is -2.56. The highest BCUT2D eigenvalue weighted by atomic mass is 35.5. The third-order valence-electron chi connectivity index (χ3n) is 4.67. The number of aromatic amines is 1. The van der Waals surface area contributed by atoms with Crippen molar-refractivity contribution in [2.75, 3.05) is 6.54 Å². The zero-order valence-electron chi connectivity index (χ0n) is 14.4. The van der Waals surface area contributed by atoms with E-state index >= 15 is 0 Å². The Morgan fingerprint density at radius 1 is 1.12 bits per heavy atom. The van der Waals surface area contributed by atoms with Crippen molar-refractivity contribution in [2.45, 2.75) is 19.9 Å². The lowest BCUT2D eigenvalue weighted by Gasteiger charge is -2.09. The van der Waals surface area contributed by atoms with Gasteiger partial charge in [0, 0.05) is 40.1 Å². The molecule has 4 aromatic rings. The van der Waals surface area contributed by atoms with E-state index in [1.807, 2.05) is 31.2 Å². The largest absolute Gasteiger partial charge is 0.423 e. The van der Waals surface area contributed by atoms with Crippen molar-refractivity contribution in [3.8, 4) is 0 Å². The monoisotopic (exact) mass is 366 g/mol. The fourth-order valence-electron chi connectivity index (χ4n) is 3.28. The van der Waals surface area contributed by atoms with Gasteiger partial charge in [0.1, 0.15) is 5.58 Å². The number of fused-ring (bicyclic) bond motifs is 2. The number of para-hydroxylation sites is 1. The van der Waals surface area contributed by atoms with Crippen LogP contribution in [0.15, 0.2) is 57.9 Å². The Balaban J connectivity index is 1.49. The Labute approximate surface area is 155 Å². The smallest absolute Gasteiger partial charge is 0.336 e. The standard InChI is InChI=1S/C21H19ClN2O2/c1-13-8-20-17(10-18(13)22)15(9-21(25)26-20)11-23-7-6-14-12-24-19-5-3-2-4-16(14)19/h2-5,8-10,12,23-24H,6-7,11H2,1H3. The van der Waals surface area contributed by atoms with Crippen molar-refractivity contribution in [2.24, 2.45) is 0 Å². The van der Waals surface area contributed by atoms with E-state index < -0.39 is 0 Å². The normalized spacial score (nSPS) is 11.5. The summed E-state index contributed by atoms with van der Waals surface area (Å²) in [5, 5.41) is 6.22. The minimum atomic E-state index is -0.340. The number of aromatic nitrogens is 1. The van der Waals surface area contributed by atoms with Crippen molar-refractivity contribution in [3.63, 3.8) is 0 Å². The molecule has 0 aliphatic heterocycles. The molecule has 0 bridgehead atoms. The minimum Gasteiger partial charge on any atom is -0.423 e. The SMILES string of the molecule is Cc1cc2oc(=O)cc(CNCCc3c[nH]c4ccccc34)c2cc1Cl. The fourth-order valence-corrected chi connectivity index (χ4v) is 3.44. The molecule has 0 saturated heterocycles. The highest BCUT2D eigenvalue weighted by Gasteiger charge is 2.09. The molecule has 132 valence electrons. The van der Waals surface area contributed by atoms with E-state index in [0.717, 1.165) is 35.0 Å². The number of hydrogen-bond donors (Lipinski definition) is 2.